The van der Waals surface area contributed by atoms with Crippen LogP contribution in [0.25, 0.3) is 5.65 Å². The number of aromatic nitrogens is 2. The van der Waals surface area contributed by atoms with E-state index in [4.69, 9.17) is 4.74 Å². The van der Waals surface area contributed by atoms with Crippen LogP contribution in [0.3, 0.4) is 0 Å². The van der Waals surface area contributed by atoms with Gasteiger partial charge in [0, 0.05) is 6.20 Å². The maximum absolute atomic E-state index is 5.33. The van der Waals surface area contributed by atoms with Crippen molar-refractivity contribution in [3.05, 3.63) is 53.3 Å². The SMILES string of the molecule is COc1ccc(C)cc1N=Nc1c(C)nc2cc(C)ccn12. The summed E-state index contributed by atoms with van der Waals surface area (Å²) < 4.78 is 7.27. The fraction of sp³-hybridized carbons (Fsp3) is 0.235. The van der Waals surface area contributed by atoms with E-state index in [0.29, 0.717) is 11.4 Å². The van der Waals surface area contributed by atoms with Crippen molar-refractivity contribution in [3.63, 3.8) is 0 Å². The zero-order chi connectivity index (χ0) is 15.7. The van der Waals surface area contributed by atoms with E-state index >= 15 is 0 Å². The van der Waals surface area contributed by atoms with Crippen molar-refractivity contribution >= 4 is 17.2 Å². The molecule has 3 rings (SSSR count). The van der Waals surface area contributed by atoms with Gasteiger partial charge >= 0.3 is 0 Å². The summed E-state index contributed by atoms with van der Waals surface area (Å²) in [5, 5.41) is 8.74. The molecule has 2 heterocycles. The molecule has 0 amide bonds. The van der Waals surface area contributed by atoms with Gasteiger partial charge in [-0.1, -0.05) is 6.07 Å². The van der Waals surface area contributed by atoms with E-state index in [0.717, 1.165) is 22.7 Å². The number of methoxy groups -OCH3 is 1. The zero-order valence-corrected chi connectivity index (χ0v) is 13.2. The fourth-order valence-electron chi connectivity index (χ4n) is 2.35. The molecule has 0 bridgehead atoms. The molecular formula is C17H18N4O. The Labute approximate surface area is 129 Å². The smallest absolute Gasteiger partial charge is 0.182 e. The average molecular weight is 294 g/mol. The summed E-state index contributed by atoms with van der Waals surface area (Å²) in [5.74, 6) is 1.44. The first-order valence-corrected chi connectivity index (χ1v) is 7.10. The number of hydrogen-bond acceptors (Lipinski definition) is 4. The van der Waals surface area contributed by atoms with Crippen LogP contribution < -0.4 is 4.74 Å². The molecule has 0 saturated heterocycles. The molecule has 112 valence electrons. The molecule has 0 spiro atoms. The number of fused-ring (bicyclic) bond motifs is 1. The molecule has 22 heavy (non-hydrogen) atoms. The van der Waals surface area contributed by atoms with Gasteiger partial charge in [0.05, 0.1) is 12.8 Å². The third-order valence-electron chi connectivity index (χ3n) is 3.51. The Bertz CT molecular complexity index is 864. The molecule has 0 aliphatic rings. The number of hydrogen-bond donors (Lipinski definition) is 0. The summed E-state index contributed by atoms with van der Waals surface area (Å²) in [4.78, 5) is 4.52. The molecular weight excluding hydrogens is 276 g/mol. The minimum absolute atomic E-state index is 0.705. The number of azo groups is 1. The van der Waals surface area contributed by atoms with Crippen LogP contribution in [0.1, 0.15) is 16.8 Å². The van der Waals surface area contributed by atoms with E-state index in [9.17, 15) is 0 Å². The second-order valence-electron chi connectivity index (χ2n) is 5.33. The van der Waals surface area contributed by atoms with Crippen LogP contribution in [0.15, 0.2) is 46.8 Å². The van der Waals surface area contributed by atoms with Gasteiger partial charge in [0.2, 0.25) is 0 Å². The zero-order valence-electron chi connectivity index (χ0n) is 13.2. The number of pyridine rings is 1. The summed E-state index contributed by atoms with van der Waals surface area (Å²) in [6.45, 7) is 5.99. The topological polar surface area (TPSA) is 51.2 Å². The Kier molecular flexibility index (Phi) is 3.63. The fourth-order valence-corrected chi connectivity index (χ4v) is 2.35. The van der Waals surface area contributed by atoms with Gasteiger partial charge in [0.1, 0.15) is 17.1 Å². The van der Waals surface area contributed by atoms with Crippen molar-refractivity contribution in [2.75, 3.05) is 7.11 Å². The Balaban J connectivity index is 2.06. The number of benzene rings is 1. The van der Waals surface area contributed by atoms with Crippen molar-refractivity contribution < 1.29 is 4.74 Å². The van der Waals surface area contributed by atoms with E-state index in [-0.39, 0.29) is 0 Å². The molecule has 5 heteroatoms. The molecule has 0 aliphatic carbocycles. The highest BCUT2D eigenvalue weighted by atomic mass is 16.5. The molecule has 0 atom stereocenters. The van der Waals surface area contributed by atoms with Crippen molar-refractivity contribution in [1.29, 1.82) is 0 Å². The monoisotopic (exact) mass is 294 g/mol. The summed E-state index contributed by atoms with van der Waals surface area (Å²) in [6, 6.07) is 9.89. The first-order chi connectivity index (χ1) is 10.6. The summed E-state index contributed by atoms with van der Waals surface area (Å²) in [7, 11) is 1.63. The van der Waals surface area contributed by atoms with Gasteiger partial charge < -0.3 is 4.74 Å². The van der Waals surface area contributed by atoms with Gasteiger partial charge in [-0.3, -0.25) is 4.40 Å². The van der Waals surface area contributed by atoms with E-state index < -0.39 is 0 Å². The quantitative estimate of drug-likeness (QED) is 0.658. The van der Waals surface area contributed by atoms with Gasteiger partial charge in [-0.25, -0.2) is 4.98 Å². The molecule has 3 aromatic rings. The largest absolute Gasteiger partial charge is 0.494 e. The molecule has 0 aliphatic heterocycles. The molecule has 5 nitrogen and oxygen atoms in total. The number of imidazole rings is 1. The minimum Gasteiger partial charge on any atom is -0.494 e. The lowest BCUT2D eigenvalue weighted by atomic mass is 10.2. The molecule has 0 unspecified atom stereocenters. The maximum Gasteiger partial charge on any atom is 0.182 e. The average Bonchev–Trinajstić information content (AvgIpc) is 2.79. The van der Waals surface area contributed by atoms with Gasteiger partial charge in [0.25, 0.3) is 0 Å². The third kappa shape index (κ3) is 2.57. The highest BCUT2D eigenvalue weighted by Crippen LogP contribution is 2.31. The second kappa shape index (κ2) is 5.60. The summed E-state index contributed by atoms with van der Waals surface area (Å²) >= 11 is 0. The molecule has 1 aromatic carbocycles. The van der Waals surface area contributed by atoms with Crippen molar-refractivity contribution in [1.82, 2.24) is 9.38 Å². The van der Waals surface area contributed by atoms with Crippen LogP contribution in [0.4, 0.5) is 11.5 Å². The first-order valence-electron chi connectivity index (χ1n) is 7.10. The molecule has 0 N–H and O–H groups in total. The van der Waals surface area contributed by atoms with Crippen LogP contribution in [0.2, 0.25) is 0 Å². The van der Waals surface area contributed by atoms with Crippen LogP contribution in [0.5, 0.6) is 5.75 Å². The van der Waals surface area contributed by atoms with Crippen molar-refractivity contribution in [2.24, 2.45) is 10.2 Å². The number of nitrogens with zero attached hydrogens (tertiary/aromatic N) is 4. The molecule has 0 fully saturated rings. The Morgan fingerprint density at radius 1 is 1.00 bits per heavy atom. The van der Waals surface area contributed by atoms with E-state index in [1.807, 2.05) is 61.7 Å². The van der Waals surface area contributed by atoms with E-state index in [1.54, 1.807) is 7.11 Å². The van der Waals surface area contributed by atoms with Crippen LogP contribution in [-0.2, 0) is 0 Å². The Morgan fingerprint density at radius 3 is 2.55 bits per heavy atom. The Morgan fingerprint density at radius 2 is 1.77 bits per heavy atom. The first kappa shape index (κ1) is 14.3. The van der Waals surface area contributed by atoms with Crippen LogP contribution in [0, 0.1) is 20.8 Å². The standard InChI is InChI=1S/C17H18N4O/c1-11-5-6-15(22-4)14(9-11)19-20-17-13(3)18-16-10-12(2)7-8-21(16)17/h5-10H,1-4H3. The highest BCUT2D eigenvalue weighted by molar-refractivity contribution is 5.55. The predicted molar refractivity (Wildman–Crippen MR) is 86.6 cm³/mol. The van der Waals surface area contributed by atoms with Gasteiger partial charge in [0.15, 0.2) is 5.82 Å². The number of aryl methyl sites for hydroxylation is 3. The van der Waals surface area contributed by atoms with E-state index in [2.05, 4.69) is 15.2 Å². The number of ether oxygens (including phenoxy) is 1. The maximum atomic E-state index is 5.33. The van der Waals surface area contributed by atoms with E-state index in [1.165, 1.54) is 5.56 Å². The minimum atomic E-state index is 0.705. The number of rotatable bonds is 3. The van der Waals surface area contributed by atoms with Crippen LogP contribution >= 0.6 is 0 Å². The summed E-state index contributed by atoms with van der Waals surface area (Å²) in [5.41, 5.74) is 4.72. The normalized spacial score (nSPS) is 11.5. The van der Waals surface area contributed by atoms with Crippen molar-refractivity contribution in [2.45, 2.75) is 20.8 Å². The van der Waals surface area contributed by atoms with Crippen LogP contribution in [-0.4, -0.2) is 16.5 Å². The molecule has 0 saturated carbocycles. The van der Waals surface area contributed by atoms with Gasteiger partial charge in [-0.2, -0.15) is 0 Å². The third-order valence-corrected chi connectivity index (χ3v) is 3.51. The Hall–Kier alpha value is -2.69. The lowest BCUT2D eigenvalue weighted by Gasteiger charge is -2.04. The highest BCUT2D eigenvalue weighted by Gasteiger charge is 2.08. The molecule has 2 aromatic heterocycles. The lowest BCUT2D eigenvalue weighted by molar-refractivity contribution is 0.415. The van der Waals surface area contributed by atoms with Gasteiger partial charge in [-0.05, 0) is 56.2 Å². The predicted octanol–water partition coefficient (Wildman–Crippen LogP) is 4.68. The van der Waals surface area contributed by atoms with Crippen molar-refractivity contribution in [3.8, 4) is 5.75 Å². The van der Waals surface area contributed by atoms with Gasteiger partial charge in [-0.15, -0.1) is 10.2 Å². The summed E-state index contributed by atoms with van der Waals surface area (Å²) in [6.07, 6.45) is 1.96. The lowest BCUT2D eigenvalue weighted by Crippen LogP contribution is -1.85. The molecule has 0 radical (unpaired) electrons. The second-order valence-corrected chi connectivity index (χ2v) is 5.33.